The third-order valence-electron chi connectivity index (χ3n) is 1.53. The number of carboxylic acid groups (broad SMARTS) is 1. The van der Waals surface area contributed by atoms with Gasteiger partial charge in [-0.05, 0) is 22.9 Å². The third-order valence-corrected chi connectivity index (χ3v) is 1.91. The topological polar surface area (TPSA) is 66.0 Å². The number of aryl methyl sites for hydroxylation is 2. The van der Waals surface area contributed by atoms with Gasteiger partial charge in [0.05, 0.1) is 12.1 Å². The molecule has 0 aromatic carbocycles. The van der Waals surface area contributed by atoms with Gasteiger partial charge in [0.15, 0.2) is 4.73 Å². The van der Waals surface area contributed by atoms with Gasteiger partial charge in [-0.3, -0.25) is 4.79 Å². The van der Waals surface area contributed by atoms with Crippen molar-refractivity contribution in [3.63, 3.8) is 0 Å². The van der Waals surface area contributed by atoms with Gasteiger partial charge in [0.1, 0.15) is 0 Å². The van der Waals surface area contributed by atoms with Crippen molar-refractivity contribution in [1.29, 1.82) is 0 Å². The van der Waals surface area contributed by atoms with E-state index in [4.69, 9.17) is 5.11 Å². The number of hydrogen-bond acceptors (Lipinski definition) is 2. The minimum absolute atomic E-state index is 0.123. The zero-order valence-corrected chi connectivity index (χ0v) is 8.18. The predicted molar refractivity (Wildman–Crippen MR) is 47.0 cm³/mol. The van der Waals surface area contributed by atoms with Crippen LogP contribution in [0.1, 0.15) is 17.8 Å². The standard InChI is InChI=1S/C7H9BrN2O2/c1-4-5(2-3-6(11)12)10-7(8)9-4/h2-3H2,1H3,(H,9,10)(H,11,12). The fraction of sp³-hybridized carbons (Fsp3) is 0.429. The molecule has 2 N–H and O–H groups in total. The van der Waals surface area contributed by atoms with Crippen LogP contribution >= 0.6 is 15.9 Å². The molecule has 0 aliphatic rings. The van der Waals surface area contributed by atoms with Crippen LogP contribution in [0.3, 0.4) is 0 Å². The Hall–Kier alpha value is -0.840. The number of nitrogens with zero attached hydrogens (tertiary/aromatic N) is 1. The lowest BCUT2D eigenvalue weighted by Crippen LogP contribution is -1.98. The van der Waals surface area contributed by atoms with Crippen molar-refractivity contribution in [2.24, 2.45) is 0 Å². The summed E-state index contributed by atoms with van der Waals surface area (Å²) < 4.78 is 0.653. The van der Waals surface area contributed by atoms with E-state index >= 15 is 0 Å². The Labute approximate surface area is 78.1 Å². The molecule has 0 saturated heterocycles. The van der Waals surface area contributed by atoms with Crippen molar-refractivity contribution in [1.82, 2.24) is 9.97 Å². The molecule has 5 heteroatoms. The van der Waals surface area contributed by atoms with Gasteiger partial charge >= 0.3 is 5.97 Å². The third kappa shape index (κ3) is 2.34. The van der Waals surface area contributed by atoms with Crippen LogP contribution in [0, 0.1) is 6.92 Å². The zero-order chi connectivity index (χ0) is 9.14. The molecule has 0 radical (unpaired) electrons. The minimum Gasteiger partial charge on any atom is -0.481 e. The number of carbonyl (C=O) groups is 1. The van der Waals surface area contributed by atoms with E-state index in [9.17, 15) is 4.79 Å². The molecule has 0 saturated carbocycles. The fourth-order valence-electron chi connectivity index (χ4n) is 0.926. The number of nitrogens with one attached hydrogen (secondary N) is 1. The van der Waals surface area contributed by atoms with Crippen LogP contribution in [0.25, 0.3) is 0 Å². The minimum atomic E-state index is -0.798. The van der Waals surface area contributed by atoms with Crippen molar-refractivity contribution < 1.29 is 9.90 Å². The summed E-state index contributed by atoms with van der Waals surface area (Å²) in [5.74, 6) is -0.798. The molecule has 1 rings (SSSR count). The van der Waals surface area contributed by atoms with Crippen molar-refractivity contribution in [2.75, 3.05) is 0 Å². The lowest BCUT2D eigenvalue weighted by molar-refractivity contribution is -0.136. The Balaban J connectivity index is 2.62. The van der Waals surface area contributed by atoms with Gasteiger partial charge in [-0.25, -0.2) is 4.98 Å². The molecule has 1 aromatic heterocycles. The predicted octanol–water partition coefficient (Wildman–Crippen LogP) is 1.50. The fourth-order valence-corrected chi connectivity index (χ4v) is 1.44. The van der Waals surface area contributed by atoms with E-state index in [1.807, 2.05) is 6.92 Å². The van der Waals surface area contributed by atoms with Gasteiger partial charge in [0.2, 0.25) is 0 Å². The van der Waals surface area contributed by atoms with Crippen molar-refractivity contribution >= 4 is 21.9 Å². The number of rotatable bonds is 3. The Bertz CT molecular complexity index is 296. The molecule has 0 atom stereocenters. The van der Waals surface area contributed by atoms with E-state index < -0.39 is 5.97 Å². The molecule has 1 aromatic rings. The van der Waals surface area contributed by atoms with Crippen LogP contribution in [-0.4, -0.2) is 21.0 Å². The summed E-state index contributed by atoms with van der Waals surface area (Å²) in [5, 5.41) is 8.42. The first-order valence-electron chi connectivity index (χ1n) is 3.52. The maximum Gasteiger partial charge on any atom is 0.303 e. The molecular weight excluding hydrogens is 224 g/mol. The van der Waals surface area contributed by atoms with E-state index in [0.29, 0.717) is 11.2 Å². The Morgan fingerprint density at radius 1 is 1.75 bits per heavy atom. The van der Waals surface area contributed by atoms with Gasteiger partial charge in [-0.2, -0.15) is 0 Å². The second-order valence-electron chi connectivity index (χ2n) is 2.49. The van der Waals surface area contributed by atoms with Crippen LogP contribution in [0.5, 0.6) is 0 Å². The first-order chi connectivity index (χ1) is 5.59. The van der Waals surface area contributed by atoms with Crippen LogP contribution in [-0.2, 0) is 11.2 Å². The lowest BCUT2D eigenvalue weighted by atomic mass is 10.2. The number of imidazole rings is 1. The molecule has 1 heterocycles. The zero-order valence-electron chi connectivity index (χ0n) is 6.59. The van der Waals surface area contributed by atoms with E-state index in [1.54, 1.807) is 0 Å². The van der Waals surface area contributed by atoms with Crippen molar-refractivity contribution in [2.45, 2.75) is 19.8 Å². The van der Waals surface area contributed by atoms with Crippen LogP contribution in [0.15, 0.2) is 4.73 Å². The van der Waals surface area contributed by atoms with Crippen molar-refractivity contribution in [3.8, 4) is 0 Å². The smallest absolute Gasteiger partial charge is 0.303 e. The molecule has 0 aliphatic heterocycles. The van der Waals surface area contributed by atoms with E-state index in [2.05, 4.69) is 25.9 Å². The number of carboxylic acids is 1. The monoisotopic (exact) mass is 232 g/mol. The summed E-state index contributed by atoms with van der Waals surface area (Å²) in [4.78, 5) is 17.3. The maximum absolute atomic E-state index is 10.2. The van der Waals surface area contributed by atoms with E-state index in [0.717, 1.165) is 11.4 Å². The highest BCUT2D eigenvalue weighted by molar-refractivity contribution is 9.10. The molecule has 0 aliphatic carbocycles. The molecule has 12 heavy (non-hydrogen) atoms. The Morgan fingerprint density at radius 3 is 2.83 bits per heavy atom. The number of aromatic nitrogens is 2. The number of aromatic amines is 1. The number of hydrogen-bond donors (Lipinski definition) is 2. The summed E-state index contributed by atoms with van der Waals surface area (Å²) in [7, 11) is 0. The summed E-state index contributed by atoms with van der Waals surface area (Å²) in [5.41, 5.74) is 1.73. The molecular formula is C7H9BrN2O2. The highest BCUT2D eigenvalue weighted by atomic mass is 79.9. The molecule has 0 unspecified atom stereocenters. The molecule has 4 nitrogen and oxygen atoms in total. The summed E-state index contributed by atoms with van der Waals surface area (Å²) in [6.45, 7) is 1.87. The molecule has 0 fully saturated rings. The largest absolute Gasteiger partial charge is 0.481 e. The second-order valence-corrected chi connectivity index (χ2v) is 3.24. The molecule has 0 bridgehead atoms. The lowest BCUT2D eigenvalue weighted by Gasteiger charge is -1.92. The first-order valence-corrected chi connectivity index (χ1v) is 4.31. The highest BCUT2D eigenvalue weighted by Crippen LogP contribution is 2.11. The second kappa shape index (κ2) is 3.71. The number of H-pyrrole nitrogens is 1. The van der Waals surface area contributed by atoms with Crippen LogP contribution in [0.4, 0.5) is 0 Å². The van der Waals surface area contributed by atoms with Crippen LogP contribution in [0.2, 0.25) is 0 Å². The number of aliphatic carboxylic acids is 1. The summed E-state index contributed by atoms with van der Waals surface area (Å²) >= 11 is 3.18. The molecule has 0 amide bonds. The molecule has 66 valence electrons. The first kappa shape index (κ1) is 9.25. The summed E-state index contributed by atoms with van der Waals surface area (Å²) in [6, 6.07) is 0. The van der Waals surface area contributed by atoms with E-state index in [1.165, 1.54) is 0 Å². The van der Waals surface area contributed by atoms with Gasteiger partial charge in [0.25, 0.3) is 0 Å². The normalized spacial score (nSPS) is 10.2. The van der Waals surface area contributed by atoms with Crippen molar-refractivity contribution in [3.05, 3.63) is 16.1 Å². The average Bonchev–Trinajstić information content (AvgIpc) is 2.26. The van der Waals surface area contributed by atoms with Gasteiger partial charge in [0, 0.05) is 12.1 Å². The summed E-state index contributed by atoms with van der Waals surface area (Å²) in [6.07, 6.45) is 0.599. The Morgan fingerprint density at radius 2 is 2.42 bits per heavy atom. The quantitative estimate of drug-likeness (QED) is 0.831. The van der Waals surface area contributed by atoms with Gasteiger partial charge < -0.3 is 10.1 Å². The SMILES string of the molecule is Cc1[nH]c(Br)nc1CCC(=O)O. The Kier molecular flexibility index (Phi) is 2.86. The highest BCUT2D eigenvalue weighted by Gasteiger charge is 2.06. The maximum atomic E-state index is 10.2. The van der Waals surface area contributed by atoms with Gasteiger partial charge in [-0.1, -0.05) is 0 Å². The average molecular weight is 233 g/mol. The molecule has 0 spiro atoms. The van der Waals surface area contributed by atoms with Crippen LogP contribution < -0.4 is 0 Å². The van der Waals surface area contributed by atoms with E-state index in [-0.39, 0.29) is 6.42 Å². The number of halogens is 1. The van der Waals surface area contributed by atoms with Gasteiger partial charge in [-0.15, -0.1) is 0 Å².